The number of carboxylic acid groups (broad SMARTS) is 1. The summed E-state index contributed by atoms with van der Waals surface area (Å²) in [6.07, 6.45) is 1.79. The lowest BCUT2D eigenvalue weighted by Gasteiger charge is -2.00. The molecule has 2 atom stereocenters. The van der Waals surface area contributed by atoms with E-state index in [-0.39, 0.29) is 11.3 Å². The van der Waals surface area contributed by atoms with E-state index >= 15 is 0 Å². The van der Waals surface area contributed by atoms with Crippen LogP contribution in [0.1, 0.15) is 19.4 Å². The summed E-state index contributed by atoms with van der Waals surface area (Å²) in [5.74, 6) is -1.45. The van der Waals surface area contributed by atoms with Crippen LogP contribution in [-0.2, 0) is 4.79 Å². The van der Waals surface area contributed by atoms with Gasteiger partial charge in [0.25, 0.3) is 0 Å². The molecule has 1 aromatic rings. The van der Waals surface area contributed by atoms with Crippen molar-refractivity contribution in [3.8, 4) is 6.07 Å². The first-order valence-corrected chi connectivity index (χ1v) is 5.88. The molecule has 18 heavy (non-hydrogen) atoms. The van der Waals surface area contributed by atoms with Crippen LogP contribution in [0, 0.1) is 28.6 Å². The van der Waals surface area contributed by atoms with E-state index in [0.29, 0.717) is 5.57 Å². The third-order valence-corrected chi connectivity index (χ3v) is 3.68. The summed E-state index contributed by atoms with van der Waals surface area (Å²) < 4.78 is 0. The van der Waals surface area contributed by atoms with E-state index < -0.39 is 11.9 Å². The average Bonchev–Trinajstić information content (AvgIpc) is 2.90. The Morgan fingerprint density at radius 1 is 1.33 bits per heavy atom. The molecule has 2 rings (SSSR count). The first-order chi connectivity index (χ1) is 8.48. The predicted molar refractivity (Wildman–Crippen MR) is 68.4 cm³/mol. The fourth-order valence-electron chi connectivity index (χ4n) is 2.60. The van der Waals surface area contributed by atoms with Gasteiger partial charge in [-0.05, 0) is 17.1 Å². The van der Waals surface area contributed by atoms with Crippen LogP contribution in [-0.4, -0.2) is 11.1 Å². The zero-order valence-electron chi connectivity index (χ0n) is 10.4. The van der Waals surface area contributed by atoms with Crippen molar-refractivity contribution in [2.75, 3.05) is 0 Å². The van der Waals surface area contributed by atoms with Gasteiger partial charge in [-0.1, -0.05) is 44.2 Å². The number of nitriles is 1. The molecule has 0 aliphatic heterocycles. The van der Waals surface area contributed by atoms with Gasteiger partial charge < -0.3 is 5.11 Å². The Bertz CT molecular complexity index is 537. The van der Waals surface area contributed by atoms with E-state index in [9.17, 15) is 10.1 Å². The molecule has 2 unspecified atom stereocenters. The molecule has 1 N–H and O–H groups in total. The molecule has 0 heterocycles. The Labute approximate surface area is 106 Å². The smallest absolute Gasteiger partial charge is 0.307 e. The minimum Gasteiger partial charge on any atom is -0.481 e. The summed E-state index contributed by atoms with van der Waals surface area (Å²) in [5.41, 5.74) is 1.15. The van der Waals surface area contributed by atoms with Gasteiger partial charge in [0.05, 0.1) is 12.0 Å². The van der Waals surface area contributed by atoms with Crippen molar-refractivity contribution < 1.29 is 9.90 Å². The Morgan fingerprint density at radius 2 is 1.94 bits per heavy atom. The highest BCUT2D eigenvalue weighted by Gasteiger charge is 2.63. The van der Waals surface area contributed by atoms with Crippen molar-refractivity contribution in [2.24, 2.45) is 17.3 Å². The average molecular weight is 241 g/mol. The second kappa shape index (κ2) is 4.30. The highest BCUT2D eigenvalue weighted by atomic mass is 16.4. The third kappa shape index (κ3) is 2.02. The number of nitrogens with zero attached hydrogens (tertiary/aromatic N) is 1. The van der Waals surface area contributed by atoms with E-state index in [2.05, 4.69) is 6.07 Å². The lowest BCUT2D eigenvalue weighted by atomic mass is 10.0. The molecule has 0 saturated heterocycles. The van der Waals surface area contributed by atoms with Crippen LogP contribution in [0.2, 0.25) is 0 Å². The van der Waals surface area contributed by atoms with Crippen LogP contribution in [0.4, 0.5) is 0 Å². The second-order valence-corrected chi connectivity index (χ2v) is 5.24. The molecule has 0 spiro atoms. The summed E-state index contributed by atoms with van der Waals surface area (Å²) in [5, 5.41) is 18.4. The normalized spacial score (nSPS) is 25.3. The van der Waals surface area contributed by atoms with Crippen molar-refractivity contribution in [3.63, 3.8) is 0 Å². The topological polar surface area (TPSA) is 61.1 Å². The number of hydrogen-bond acceptors (Lipinski definition) is 2. The van der Waals surface area contributed by atoms with Gasteiger partial charge in [-0.25, -0.2) is 0 Å². The summed E-state index contributed by atoms with van der Waals surface area (Å²) in [4.78, 5) is 11.1. The molecule has 3 heteroatoms. The monoisotopic (exact) mass is 241 g/mol. The molecule has 0 aromatic heterocycles. The standard InChI is InChI=1S/C15H15NO2/c1-15(2)12(13(15)14(17)18)11(9-16)8-10-6-4-3-5-7-10/h3-8,12-13H,1-2H3,(H,17,18). The van der Waals surface area contributed by atoms with Crippen LogP contribution in [0.3, 0.4) is 0 Å². The van der Waals surface area contributed by atoms with Crippen LogP contribution in [0.5, 0.6) is 0 Å². The highest BCUT2D eigenvalue weighted by molar-refractivity contribution is 5.78. The zero-order chi connectivity index (χ0) is 13.3. The lowest BCUT2D eigenvalue weighted by Crippen LogP contribution is -2.03. The molecule has 1 aromatic carbocycles. The lowest BCUT2D eigenvalue weighted by molar-refractivity contribution is -0.139. The van der Waals surface area contributed by atoms with Gasteiger partial charge in [0.1, 0.15) is 0 Å². The quantitative estimate of drug-likeness (QED) is 0.827. The summed E-state index contributed by atoms with van der Waals surface area (Å²) >= 11 is 0. The van der Waals surface area contributed by atoms with Crippen molar-refractivity contribution in [1.29, 1.82) is 5.26 Å². The Balaban J connectivity index is 2.30. The zero-order valence-corrected chi connectivity index (χ0v) is 10.4. The van der Waals surface area contributed by atoms with E-state index in [4.69, 9.17) is 5.11 Å². The fraction of sp³-hybridized carbons (Fsp3) is 0.333. The van der Waals surface area contributed by atoms with Crippen LogP contribution in [0.25, 0.3) is 6.08 Å². The van der Waals surface area contributed by atoms with Gasteiger partial charge in [0.15, 0.2) is 0 Å². The number of allylic oxidation sites excluding steroid dienone is 1. The Morgan fingerprint density at radius 3 is 2.39 bits per heavy atom. The van der Waals surface area contributed by atoms with E-state index in [0.717, 1.165) is 5.56 Å². The van der Waals surface area contributed by atoms with Gasteiger partial charge >= 0.3 is 5.97 Å². The number of hydrogen-bond donors (Lipinski definition) is 1. The fourth-order valence-corrected chi connectivity index (χ4v) is 2.60. The van der Waals surface area contributed by atoms with Crippen LogP contribution in [0.15, 0.2) is 35.9 Å². The molecule has 0 amide bonds. The Hall–Kier alpha value is -2.08. The molecule has 0 radical (unpaired) electrons. The first-order valence-electron chi connectivity index (χ1n) is 5.88. The SMILES string of the molecule is CC1(C)C(C(=O)O)C1C(C#N)=Cc1ccccc1. The molecule has 1 fully saturated rings. The highest BCUT2D eigenvalue weighted by Crippen LogP contribution is 2.61. The maximum Gasteiger partial charge on any atom is 0.307 e. The van der Waals surface area contributed by atoms with Gasteiger partial charge in [-0.2, -0.15) is 5.26 Å². The van der Waals surface area contributed by atoms with Crippen LogP contribution >= 0.6 is 0 Å². The number of rotatable bonds is 3. The molecule has 3 nitrogen and oxygen atoms in total. The molecule has 1 saturated carbocycles. The largest absolute Gasteiger partial charge is 0.481 e. The molecule has 0 bridgehead atoms. The number of carbonyl (C=O) groups is 1. The number of carboxylic acids is 1. The third-order valence-electron chi connectivity index (χ3n) is 3.68. The van der Waals surface area contributed by atoms with Crippen molar-refractivity contribution >= 4 is 12.0 Å². The Kier molecular flexibility index (Phi) is 2.96. The van der Waals surface area contributed by atoms with Gasteiger partial charge in [0.2, 0.25) is 0 Å². The maximum absolute atomic E-state index is 11.1. The van der Waals surface area contributed by atoms with Gasteiger partial charge in [0, 0.05) is 11.5 Å². The van der Waals surface area contributed by atoms with E-state index in [1.807, 2.05) is 44.2 Å². The van der Waals surface area contributed by atoms with Crippen molar-refractivity contribution in [1.82, 2.24) is 0 Å². The number of benzene rings is 1. The number of aliphatic carboxylic acids is 1. The maximum atomic E-state index is 11.1. The molecule has 92 valence electrons. The molecular formula is C15H15NO2. The minimum absolute atomic E-state index is 0.180. The molecular weight excluding hydrogens is 226 g/mol. The van der Waals surface area contributed by atoms with Crippen molar-refractivity contribution in [2.45, 2.75) is 13.8 Å². The summed E-state index contributed by atoms with van der Waals surface area (Å²) in [6.45, 7) is 3.79. The van der Waals surface area contributed by atoms with Crippen LogP contribution < -0.4 is 0 Å². The van der Waals surface area contributed by atoms with E-state index in [1.165, 1.54) is 0 Å². The van der Waals surface area contributed by atoms with Gasteiger partial charge in [-0.3, -0.25) is 4.79 Å². The molecule has 1 aliphatic rings. The predicted octanol–water partition coefficient (Wildman–Crippen LogP) is 2.95. The summed E-state index contributed by atoms with van der Waals surface area (Å²) in [6, 6.07) is 11.7. The molecule has 1 aliphatic carbocycles. The first kappa shape index (κ1) is 12.4. The van der Waals surface area contributed by atoms with Gasteiger partial charge in [-0.15, -0.1) is 0 Å². The minimum atomic E-state index is -0.820. The van der Waals surface area contributed by atoms with Crippen molar-refractivity contribution in [3.05, 3.63) is 41.5 Å². The summed E-state index contributed by atoms with van der Waals surface area (Å²) in [7, 11) is 0. The second-order valence-electron chi connectivity index (χ2n) is 5.24. The van der Waals surface area contributed by atoms with E-state index in [1.54, 1.807) is 6.08 Å².